The van der Waals surface area contributed by atoms with Crippen molar-refractivity contribution in [3.8, 4) is 0 Å². The molecular weight excluding hydrogens is 402 g/mol. The molecular formula is C20H25N7O2S. The van der Waals surface area contributed by atoms with Crippen molar-refractivity contribution in [1.82, 2.24) is 19.3 Å². The molecule has 1 aromatic carbocycles. The Morgan fingerprint density at radius 2 is 1.57 bits per heavy atom. The number of nitrogen functional groups attached to an aromatic ring is 1. The molecule has 0 aliphatic carbocycles. The van der Waals surface area contributed by atoms with E-state index in [0.717, 1.165) is 5.56 Å². The molecule has 0 unspecified atom stereocenters. The second kappa shape index (κ2) is 9.06. The van der Waals surface area contributed by atoms with Gasteiger partial charge in [-0.15, -0.1) is 0 Å². The minimum atomic E-state index is -3.51. The lowest BCUT2D eigenvalue weighted by Gasteiger charge is -2.18. The molecule has 0 saturated heterocycles. The maximum absolute atomic E-state index is 12.6. The molecule has 0 aliphatic rings. The first kappa shape index (κ1) is 21.5. The summed E-state index contributed by atoms with van der Waals surface area (Å²) in [5.74, 6) is 1.44. The van der Waals surface area contributed by atoms with Gasteiger partial charge in [-0.2, -0.15) is 4.31 Å². The summed E-state index contributed by atoms with van der Waals surface area (Å²) in [5, 5.41) is 6.17. The third-order valence-corrected chi connectivity index (χ3v) is 6.57. The molecule has 0 spiro atoms. The maximum atomic E-state index is 12.6. The van der Waals surface area contributed by atoms with E-state index in [2.05, 4.69) is 25.6 Å². The first-order valence-corrected chi connectivity index (χ1v) is 11.0. The first-order chi connectivity index (χ1) is 14.3. The molecule has 2 heterocycles. The Kier molecular flexibility index (Phi) is 6.48. The fraction of sp³-hybridized carbons (Fsp3) is 0.250. The van der Waals surface area contributed by atoms with Crippen molar-refractivity contribution in [2.75, 3.05) is 29.5 Å². The van der Waals surface area contributed by atoms with Gasteiger partial charge >= 0.3 is 0 Å². The Balaban J connectivity index is 1.79. The van der Waals surface area contributed by atoms with Gasteiger partial charge in [-0.3, -0.25) is 0 Å². The third kappa shape index (κ3) is 4.66. The number of nitrogens with one attached hydrogen (secondary N) is 2. The van der Waals surface area contributed by atoms with Crippen molar-refractivity contribution in [2.24, 2.45) is 0 Å². The van der Waals surface area contributed by atoms with Crippen LogP contribution < -0.4 is 16.4 Å². The molecule has 2 aromatic heterocycles. The van der Waals surface area contributed by atoms with Gasteiger partial charge in [-0.25, -0.2) is 23.4 Å². The monoisotopic (exact) mass is 427 g/mol. The Morgan fingerprint density at radius 1 is 0.933 bits per heavy atom. The summed E-state index contributed by atoms with van der Waals surface area (Å²) >= 11 is 0. The van der Waals surface area contributed by atoms with Crippen LogP contribution in [0.4, 0.5) is 28.8 Å². The second-order valence-electron chi connectivity index (χ2n) is 6.57. The average Bonchev–Trinajstić information content (AvgIpc) is 2.73. The van der Waals surface area contributed by atoms with Crippen LogP contribution in [0.5, 0.6) is 0 Å². The standard InChI is InChI=1S/C20H25N7O2S/c1-4-27(5-2)30(28,29)16-9-7-15(8-10-16)25-19-18(21)20(24-13-23-19)26-17-11-6-14(3)12-22-17/h6-13H,4-5,21H2,1-3H3,(H2,22,23,24,25,26). The molecule has 9 nitrogen and oxygen atoms in total. The summed E-state index contributed by atoms with van der Waals surface area (Å²) in [6.07, 6.45) is 3.13. The second-order valence-corrected chi connectivity index (χ2v) is 8.51. The molecule has 0 amide bonds. The van der Waals surface area contributed by atoms with Crippen LogP contribution in [0.2, 0.25) is 0 Å². The number of hydrogen-bond donors (Lipinski definition) is 3. The van der Waals surface area contributed by atoms with Crippen LogP contribution in [0.25, 0.3) is 0 Å². The van der Waals surface area contributed by atoms with E-state index in [-0.39, 0.29) is 4.90 Å². The summed E-state index contributed by atoms with van der Waals surface area (Å²) in [7, 11) is -3.51. The molecule has 3 rings (SSSR count). The SMILES string of the molecule is CCN(CC)S(=O)(=O)c1ccc(Nc2ncnc(Nc3ccc(C)cn3)c2N)cc1. The highest BCUT2D eigenvalue weighted by Gasteiger charge is 2.21. The van der Waals surface area contributed by atoms with Crippen molar-refractivity contribution >= 4 is 38.9 Å². The van der Waals surface area contributed by atoms with Gasteiger partial charge in [0.2, 0.25) is 10.0 Å². The largest absolute Gasteiger partial charge is 0.393 e. The van der Waals surface area contributed by atoms with E-state index in [0.29, 0.717) is 41.9 Å². The van der Waals surface area contributed by atoms with E-state index in [4.69, 9.17) is 5.73 Å². The smallest absolute Gasteiger partial charge is 0.243 e. The third-order valence-electron chi connectivity index (χ3n) is 4.50. The van der Waals surface area contributed by atoms with E-state index in [1.807, 2.05) is 32.9 Å². The van der Waals surface area contributed by atoms with Crippen molar-refractivity contribution in [2.45, 2.75) is 25.7 Å². The van der Waals surface area contributed by atoms with E-state index < -0.39 is 10.0 Å². The van der Waals surface area contributed by atoms with Crippen molar-refractivity contribution in [3.05, 3.63) is 54.5 Å². The Bertz CT molecular complexity index is 1100. The van der Waals surface area contributed by atoms with Crippen molar-refractivity contribution in [3.63, 3.8) is 0 Å². The lowest BCUT2D eigenvalue weighted by atomic mass is 10.3. The number of aromatic nitrogens is 3. The number of nitrogens with zero attached hydrogens (tertiary/aromatic N) is 4. The van der Waals surface area contributed by atoms with E-state index >= 15 is 0 Å². The summed E-state index contributed by atoms with van der Waals surface area (Å²) < 4.78 is 26.6. The molecule has 10 heteroatoms. The van der Waals surface area contributed by atoms with Crippen LogP contribution in [-0.2, 0) is 10.0 Å². The number of benzene rings is 1. The number of pyridine rings is 1. The molecule has 4 N–H and O–H groups in total. The van der Waals surface area contributed by atoms with Crippen LogP contribution in [0.15, 0.2) is 53.8 Å². The number of nitrogens with two attached hydrogens (primary N) is 1. The Labute approximate surface area is 176 Å². The van der Waals surface area contributed by atoms with Gasteiger partial charge in [0, 0.05) is 25.0 Å². The van der Waals surface area contributed by atoms with Gasteiger partial charge in [-0.1, -0.05) is 19.9 Å². The molecule has 3 aromatic rings. The van der Waals surface area contributed by atoms with Gasteiger partial charge in [0.15, 0.2) is 11.6 Å². The zero-order valence-corrected chi connectivity index (χ0v) is 17.9. The minimum Gasteiger partial charge on any atom is -0.393 e. The van der Waals surface area contributed by atoms with Crippen LogP contribution in [0.3, 0.4) is 0 Å². The molecule has 0 radical (unpaired) electrons. The lowest BCUT2D eigenvalue weighted by Crippen LogP contribution is -2.30. The van der Waals surface area contributed by atoms with Gasteiger partial charge < -0.3 is 16.4 Å². The topological polar surface area (TPSA) is 126 Å². The number of rotatable bonds is 8. The van der Waals surface area contributed by atoms with E-state index in [1.165, 1.54) is 10.6 Å². The Hall–Kier alpha value is -3.24. The molecule has 158 valence electrons. The molecule has 0 atom stereocenters. The quantitative estimate of drug-likeness (QED) is 0.500. The van der Waals surface area contributed by atoms with E-state index in [9.17, 15) is 8.42 Å². The van der Waals surface area contributed by atoms with Crippen LogP contribution in [-0.4, -0.2) is 40.8 Å². The van der Waals surface area contributed by atoms with Crippen LogP contribution in [0.1, 0.15) is 19.4 Å². The summed E-state index contributed by atoms with van der Waals surface area (Å²) in [6.45, 7) is 6.42. The summed E-state index contributed by atoms with van der Waals surface area (Å²) in [4.78, 5) is 12.9. The summed E-state index contributed by atoms with van der Waals surface area (Å²) in [5.41, 5.74) is 8.22. The van der Waals surface area contributed by atoms with Crippen LogP contribution in [0, 0.1) is 6.92 Å². The molecule has 0 aliphatic heterocycles. The highest BCUT2D eigenvalue weighted by Crippen LogP contribution is 2.28. The fourth-order valence-corrected chi connectivity index (χ4v) is 4.28. The van der Waals surface area contributed by atoms with Crippen molar-refractivity contribution in [1.29, 1.82) is 0 Å². The molecule has 0 saturated carbocycles. The molecule has 0 fully saturated rings. The van der Waals surface area contributed by atoms with Gasteiger partial charge in [-0.05, 0) is 42.8 Å². The predicted octanol–water partition coefficient (Wildman–Crippen LogP) is 3.28. The van der Waals surface area contributed by atoms with Gasteiger partial charge in [0.25, 0.3) is 0 Å². The average molecular weight is 428 g/mol. The van der Waals surface area contributed by atoms with Crippen molar-refractivity contribution < 1.29 is 8.42 Å². The lowest BCUT2D eigenvalue weighted by molar-refractivity contribution is 0.445. The number of anilines is 5. The zero-order valence-electron chi connectivity index (χ0n) is 17.1. The normalized spacial score (nSPS) is 11.5. The highest BCUT2D eigenvalue weighted by molar-refractivity contribution is 7.89. The number of aryl methyl sites for hydroxylation is 1. The first-order valence-electron chi connectivity index (χ1n) is 9.52. The molecule has 0 bridgehead atoms. The molecule has 30 heavy (non-hydrogen) atoms. The van der Waals surface area contributed by atoms with Gasteiger partial charge in [0.1, 0.15) is 17.8 Å². The number of sulfonamides is 1. The Morgan fingerprint density at radius 3 is 2.13 bits per heavy atom. The predicted molar refractivity (Wildman–Crippen MR) is 119 cm³/mol. The van der Waals surface area contributed by atoms with Gasteiger partial charge in [0.05, 0.1) is 4.90 Å². The highest BCUT2D eigenvalue weighted by atomic mass is 32.2. The maximum Gasteiger partial charge on any atom is 0.243 e. The van der Waals surface area contributed by atoms with E-state index in [1.54, 1.807) is 30.5 Å². The minimum absolute atomic E-state index is 0.236. The van der Waals surface area contributed by atoms with Crippen LogP contribution >= 0.6 is 0 Å². The zero-order chi connectivity index (χ0) is 21.7. The summed E-state index contributed by atoms with van der Waals surface area (Å²) in [6, 6.07) is 10.2. The number of hydrogen-bond acceptors (Lipinski definition) is 8. The fourth-order valence-electron chi connectivity index (χ4n) is 2.82.